The fourth-order valence-electron chi connectivity index (χ4n) is 14.2. The summed E-state index contributed by atoms with van der Waals surface area (Å²) in [6.45, 7) is 9.12. The van der Waals surface area contributed by atoms with Crippen molar-refractivity contribution >= 4 is 81.5 Å². The zero-order chi connectivity index (χ0) is 44.8. The Morgan fingerprint density at radius 2 is 0.809 bits per heavy atom. The Kier molecular flexibility index (Phi) is 7.02. The zero-order valence-corrected chi connectivity index (χ0v) is 38.5. The Hall–Kier alpha value is -8.06. The van der Waals surface area contributed by atoms with Crippen LogP contribution in [0.1, 0.15) is 45.7 Å². The highest BCUT2D eigenvalue weighted by Gasteiger charge is 2.36. The van der Waals surface area contributed by atoms with Crippen molar-refractivity contribution in [3.05, 3.63) is 208 Å². The molecule has 0 nitrogen and oxygen atoms in total. The van der Waals surface area contributed by atoms with Gasteiger partial charge in [0.15, 0.2) is 0 Å². The first-order valence-electron chi connectivity index (χ1n) is 24.5. The molecular formula is C68H44. The topological polar surface area (TPSA) is 0 Å². The molecule has 0 saturated heterocycles. The lowest BCUT2D eigenvalue weighted by atomic mass is 9.72. The second kappa shape index (κ2) is 12.9. The van der Waals surface area contributed by atoms with Crippen LogP contribution in [0.5, 0.6) is 0 Å². The Labute approximate surface area is 394 Å². The fourth-order valence-corrected chi connectivity index (χ4v) is 14.2. The fraction of sp³-hybridized carbons (Fsp3) is 0.0882. The van der Waals surface area contributed by atoms with Gasteiger partial charge in [0.25, 0.3) is 0 Å². The lowest BCUT2D eigenvalue weighted by Gasteiger charge is -2.31. The summed E-state index contributed by atoms with van der Waals surface area (Å²) >= 11 is 0. The maximum atomic E-state index is 2.64. The molecule has 316 valence electrons. The van der Waals surface area contributed by atoms with Crippen molar-refractivity contribution in [2.75, 3.05) is 0 Å². The van der Waals surface area contributed by atoms with E-state index in [1.807, 2.05) is 0 Å². The summed E-state index contributed by atoms with van der Waals surface area (Å²) < 4.78 is 0. The quantitative estimate of drug-likeness (QED) is 0.166. The summed E-state index contributed by atoms with van der Waals surface area (Å²) in [6, 6.07) is 65.7. The van der Waals surface area contributed by atoms with Crippen molar-refractivity contribution in [1.29, 1.82) is 0 Å². The maximum absolute atomic E-state index is 2.64. The maximum Gasteiger partial charge on any atom is 0.0143 e. The van der Waals surface area contributed by atoms with Gasteiger partial charge < -0.3 is 0 Å². The Balaban J connectivity index is 1.08. The average Bonchev–Trinajstić information content (AvgIpc) is 3.99. The van der Waals surface area contributed by atoms with Gasteiger partial charge in [0, 0.05) is 5.92 Å². The molecule has 0 aromatic heterocycles. The van der Waals surface area contributed by atoms with Gasteiger partial charge in [0.2, 0.25) is 0 Å². The molecule has 0 spiro atoms. The largest absolute Gasteiger partial charge is 0.0750 e. The minimum absolute atomic E-state index is 0.283. The number of hydrogen-bond donors (Lipinski definition) is 0. The number of aryl methyl sites for hydroxylation is 4. The molecule has 1 unspecified atom stereocenters. The molecule has 3 aliphatic carbocycles. The van der Waals surface area contributed by atoms with Crippen LogP contribution in [0.3, 0.4) is 0 Å². The second-order valence-corrected chi connectivity index (χ2v) is 20.2. The normalized spacial score (nSPS) is 14.4. The van der Waals surface area contributed by atoms with Crippen LogP contribution in [-0.4, -0.2) is 0 Å². The van der Waals surface area contributed by atoms with Crippen LogP contribution in [0.25, 0.3) is 148 Å². The summed E-state index contributed by atoms with van der Waals surface area (Å²) in [5.74, 6) is 0.283. The van der Waals surface area contributed by atoms with Crippen molar-refractivity contribution in [3.8, 4) is 66.8 Å². The van der Waals surface area contributed by atoms with E-state index in [-0.39, 0.29) is 5.92 Å². The number of rotatable bonds is 3. The Bertz CT molecular complexity index is 4510. The van der Waals surface area contributed by atoms with Crippen LogP contribution < -0.4 is 5.22 Å². The smallest absolute Gasteiger partial charge is 0.0143 e. The van der Waals surface area contributed by atoms with E-state index in [0.717, 1.165) is 6.42 Å². The number of benzene rings is 11. The van der Waals surface area contributed by atoms with E-state index in [4.69, 9.17) is 0 Å². The first-order chi connectivity index (χ1) is 33.4. The molecular weight excluding hydrogens is 817 g/mol. The summed E-state index contributed by atoms with van der Waals surface area (Å²) in [5.41, 5.74) is 24.5. The van der Waals surface area contributed by atoms with Gasteiger partial charge >= 0.3 is 0 Å². The Morgan fingerprint density at radius 3 is 1.49 bits per heavy atom. The highest BCUT2D eigenvalue weighted by Crippen LogP contribution is 2.59. The first-order valence-corrected chi connectivity index (χ1v) is 24.5. The van der Waals surface area contributed by atoms with E-state index < -0.39 is 0 Å². The molecule has 0 heterocycles. The third-order valence-corrected chi connectivity index (χ3v) is 17.0. The lowest BCUT2D eigenvalue weighted by Crippen LogP contribution is -2.17. The monoisotopic (exact) mass is 860 g/mol. The van der Waals surface area contributed by atoms with Crippen LogP contribution in [0.4, 0.5) is 0 Å². The lowest BCUT2D eigenvalue weighted by molar-refractivity contribution is 0.860. The minimum Gasteiger partial charge on any atom is -0.0750 e. The van der Waals surface area contributed by atoms with Gasteiger partial charge in [-0.25, -0.2) is 0 Å². The molecule has 13 aromatic rings. The highest BCUT2D eigenvalue weighted by molar-refractivity contribution is 6.38. The van der Waals surface area contributed by atoms with Crippen molar-refractivity contribution in [2.24, 2.45) is 0 Å². The van der Waals surface area contributed by atoms with E-state index in [0.29, 0.717) is 0 Å². The van der Waals surface area contributed by atoms with Crippen LogP contribution in [-0.2, 0) is 0 Å². The van der Waals surface area contributed by atoms with Crippen LogP contribution in [0, 0.1) is 27.7 Å². The SMILES string of the molecule is Cc1ccccc1-c1c2cc3c(cc2c(-c2ccccc2C)c2c1c1c4c5c(ccc42)-c2ccc4c6c(ccc(c26)C5CC=1)-c1ccccc1-4)c1ccc(-c2c(C)cccc2C)c2cccc3c21. The van der Waals surface area contributed by atoms with Crippen molar-refractivity contribution < 1.29 is 0 Å². The minimum atomic E-state index is 0.283. The van der Waals surface area contributed by atoms with Gasteiger partial charge in [-0.05, 0) is 227 Å². The zero-order valence-electron chi connectivity index (χ0n) is 38.5. The van der Waals surface area contributed by atoms with Gasteiger partial charge in [0.1, 0.15) is 0 Å². The van der Waals surface area contributed by atoms with Crippen LogP contribution in [0.2, 0.25) is 0 Å². The third-order valence-electron chi connectivity index (χ3n) is 17.0. The molecule has 3 aliphatic rings. The summed E-state index contributed by atoms with van der Waals surface area (Å²) in [7, 11) is 0. The molecule has 0 aliphatic heterocycles. The van der Waals surface area contributed by atoms with Gasteiger partial charge in [-0.1, -0.05) is 164 Å². The third kappa shape index (κ3) is 4.43. The molecule has 0 amide bonds. The second-order valence-electron chi connectivity index (χ2n) is 20.2. The average molecular weight is 861 g/mol. The highest BCUT2D eigenvalue weighted by atomic mass is 14.4. The molecule has 0 bridgehead atoms. The molecule has 13 aromatic carbocycles. The summed E-state index contributed by atoms with van der Waals surface area (Å²) in [4.78, 5) is 0. The summed E-state index contributed by atoms with van der Waals surface area (Å²) in [6.07, 6.45) is 3.61. The van der Waals surface area contributed by atoms with Gasteiger partial charge in [-0.15, -0.1) is 0 Å². The molecule has 0 radical (unpaired) electrons. The number of hydrogen-bond acceptors (Lipinski definition) is 0. The summed E-state index contributed by atoms with van der Waals surface area (Å²) in [5, 5.41) is 20.6. The van der Waals surface area contributed by atoms with Crippen molar-refractivity contribution in [1.82, 2.24) is 0 Å². The standard InChI is InChI=1S/C68H44/c1-35-13-5-7-17-39(35)61-57-33-55-44-22-12-21-43-47(59-37(3)15-11-16-38(59)4)25-28-52(60(43)44)56(55)34-58(57)62(40-18-8-6-14-36(40)2)68-54-32-30-51-49-27-24-46-42-20-10-9-19-41(42)45-23-26-48(64(49)63(45)46)50-29-31-53(67(61)68)66(54)65(50)51/h5-28,30-34,50H,29H2,1-4H3. The van der Waals surface area contributed by atoms with Crippen molar-refractivity contribution in [2.45, 2.75) is 40.0 Å². The van der Waals surface area contributed by atoms with Gasteiger partial charge in [-0.2, -0.15) is 0 Å². The Morgan fingerprint density at radius 1 is 0.294 bits per heavy atom. The van der Waals surface area contributed by atoms with E-state index >= 15 is 0 Å². The van der Waals surface area contributed by atoms with Gasteiger partial charge in [0.05, 0.1) is 0 Å². The van der Waals surface area contributed by atoms with Crippen molar-refractivity contribution in [3.63, 3.8) is 0 Å². The van der Waals surface area contributed by atoms with Crippen LogP contribution >= 0.6 is 0 Å². The van der Waals surface area contributed by atoms with Crippen LogP contribution in [0.15, 0.2) is 170 Å². The molecule has 0 fully saturated rings. The van der Waals surface area contributed by atoms with Gasteiger partial charge in [-0.3, -0.25) is 0 Å². The number of fused-ring (bicyclic) bond motifs is 12. The molecule has 68 heavy (non-hydrogen) atoms. The molecule has 0 saturated carbocycles. The molecule has 16 rings (SSSR count). The molecule has 1 atom stereocenters. The van der Waals surface area contributed by atoms with E-state index in [2.05, 4.69) is 204 Å². The predicted molar refractivity (Wildman–Crippen MR) is 291 cm³/mol. The van der Waals surface area contributed by atoms with E-state index in [1.165, 1.54) is 181 Å². The molecule has 0 N–H and O–H groups in total. The molecule has 0 heteroatoms. The van der Waals surface area contributed by atoms with E-state index in [1.54, 1.807) is 0 Å². The first kappa shape index (κ1) is 37.1. The van der Waals surface area contributed by atoms with E-state index in [9.17, 15) is 0 Å². The predicted octanol–water partition coefficient (Wildman–Crippen LogP) is 18.1.